The summed E-state index contributed by atoms with van der Waals surface area (Å²) in [6.45, 7) is 8.76. The zero-order valence-corrected chi connectivity index (χ0v) is 12.3. The summed E-state index contributed by atoms with van der Waals surface area (Å²) in [5.41, 5.74) is 6.08. The monoisotopic (exact) mass is 240 g/mol. The fraction of sp³-hybridized carbons (Fsp3) is 1.00. The second-order valence-electron chi connectivity index (χ2n) is 6.75. The van der Waals surface area contributed by atoms with E-state index in [2.05, 4.69) is 32.7 Å². The van der Waals surface area contributed by atoms with Crippen LogP contribution in [0.4, 0.5) is 0 Å². The molecule has 0 aromatic heterocycles. The average Bonchev–Trinajstić information content (AvgIpc) is 2.30. The lowest BCUT2D eigenvalue weighted by atomic mass is 9.82. The van der Waals surface area contributed by atoms with Crippen molar-refractivity contribution < 1.29 is 0 Å². The molecule has 1 fully saturated rings. The standard InChI is InChI=1S/C15H32N2/c1-5-6-13-7-9-14(10-8-13)17(4)12-15(2,3)11-16/h13-14H,5-12,16H2,1-4H3. The molecule has 0 aromatic rings. The van der Waals surface area contributed by atoms with Gasteiger partial charge < -0.3 is 10.6 Å². The van der Waals surface area contributed by atoms with Crippen molar-refractivity contribution in [3.8, 4) is 0 Å². The Balaban J connectivity index is 2.33. The highest BCUT2D eigenvalue weighted by atomic mass is 15.1. The summed E-state index contributed by atoms with van der Waals surface area (Å²) in [7, 11) is 2.28. The highest BCUT2D eigenvalue weighted by Gasteiger charge is 2.26. The van der Waals surface area contributed by atoms with Crippen molar-refractivity contribution in [2.75, 3.05) is 20.1 Å². The van der Waals surface area contributed by atoms with E-state index in [9.17, 15) is 0 Å². The lowest BCUT2D eigenvalue weighted by Crippen LogP contribution is -2.43. The summed E-state index contributed by atoms with van der Waals surface area (Å²) in [5.74, 6) is 1.01. The Morgan fingerprint density at radius 3 is 2.24 bits per heavy atom. The van der Waals surface area contributed by atoms with Crippen molar-refractivity contribution in [2.24, 2.45) is 17.1 Å². The lowest BCUT2D eigenvalue weighted by Gasteiger charge is -2.38. The van der Waals surface area contributed by atoms with Crippen molar-refractivity contribution in [2.45, 2.75) is 65.3 Å². The predicted octanol–water partition coefficient (Wildman–Crippen LogP) is 3.26. The zero-order valence-electron chi connectivity index (χ0n) is 12.3. The molecule has 0 radical (unpaired) electrons. The molecule has 0 atom stereocenters. The van der Waals surface area contributed by atoms with Crippen LogP contribution in [0.15, 0.2) is 0 Å². The first-order valence-electron chi connectivity index (χ1n) is 7.39. The van der Waals surface area contributed by atoms with E-state index in [-0.39, 0.29) is 5.41 Å². The van der Waals surface area contributed by atoms with Gasteiger partial charge in [-0.05, 0) is 50.6 Å². The summed E-state index contributed by atoms with van der Waals surface area (Å²) >= 11 is 0. The SMILES string of the molecule is CCCC1CCC(N(C)CC(C)(C)CN)CC1. The van der Waals surface area contributed by atoms with Gasteiger partial charge in [-0.3, -0.25) is 0 Å². The molecule has 1 saturated carbocycles. The second kappa shape index (κ2) is 6.75. The quantitative estimate of drug-likeness (QED) is 0.772. The summed E-state index contributed by atoms with van der Waals surface area (Å²) in [5, 5.41) is 0. The summed E-state index contributed by atoms with van der Waals surface area (Å²) < 4.78 is 0. The largest absolute Gasteiger partial charge is 0.330 e. The number of rotatable bonds is 6. The molecule has 0 spiro atoms. The summed E-state index contributed by atoms with van der Waals surface area (Å²) in [6.07, 6.45) is 8.44. The number of nitrogens with two attached hydrogens (primary N) is 1. The molecule has 2 heteroatoms. The van der Waals surface area contributed by atoms with Crippen LogP contribution in [-0.4, -0.2) is 31.1 Å². The van der Waals surface area contributed by atoms with Crippen LogP contribution in [0.3, 0.4) is 0 Å². The fourth-order valence-corrected chi connectivity index (χ4v) is 3.15. The minimum atomic E-state index is 0.259. The van der Waals surface area contributed by atoms with Gasteiger partial charge in [0.2, 0.25) is 0 Å². The Hall–Kier alpha value is -0.0800. The molecule has 0 saturated heterocycles. The van der Waals surface area contributed by atoms with Crippen molar-refractivity contribution in [1.29, 1.82) is 0 Å². The summed E-state index contributed by atoms with van der Waals surface area (Å²) in [4.78, 5) is 2.55. The van der Waals surface area contributed by atoms with Gasteiger partial charge in [-0.2, -0.15) is 0 Å². The highest BCUT2D eigenvalue weighted by molar-refractivity contribution is 4.82. The smallest absolute Gasteiger partial charge is 0.00926 e. The first-order chi connectivity index (χ1) is 7.98. The molecule has 0 aliphatic heterocycles. The van der Waals surface area contributed by atoms with Gasteiger partial charge in [0, 0.05) is 12.6 Å². The van der Waals surface area contributed by atoms with E-state index in [0.29, 0.717) is 0 Å². The first-order valence-corrected chi connectivity index (χ1v) is 7.39. The van der Waals surface area contributed by atoms with Crippen LogP contribution in [0.2, 0.25) is 0 Å². The van der Waals surface area contributed by atoms with E-state index in [0.717, 1.165) is 25.0 Å². The van der Waals surface area contributed by atoms with Gasteiger partial charge >= 0.3 is 0 Å². The van der Waals surface area contributed by atoms with Crippen LogP contribution in [0.1, 0.15) is 59.3 Å². The van der Waals surface area contributed by atoms with E-state index in [1.807, 2.05) is 0 Å². The normalized spacial score (nSPS) is 26.5. The van der Waals surface area contributed by atoms with E-state index in [1.165, 1.54) is 38.5 Å². The minimum Gasteiger partial charge on any atom is -0.330 e. The molecule has 0 bridgehead atoms. The lowest BCUT2D eigenvalue weighted by molar-refractivity contribution is 0.119. The highest BCUT2D eigenvalue weighted by Crippen LogP contribution is 2.31. The predicted molar refractivity (Wildman–Crippen MR) is 76.1 cm³/mol. The van der Waals surface area contributed by atoms with Gasteiger partial charge in [0.15, 0.2) is 0 Å². The number of hydrogen-bond donors (Lipinski definition) is 1. The van der Waals surface area contributed by atoms with Crippen molar-refractivity contribution in [3.05, 3.63) is 0 Å². The van der Waals surface area contributed by atoms with Gasteiger partial charge in [0.1, 0.15) is 0 Å². The van der Waals surface area contributed by atoms with Crippen LogP contribution in [0, 0.1) is 11.3 Å². The van der Waals surface area contributed by atoms with Gasteiger partial charge in [0.25, 0.3) is 0 Å². The molecule has 0 aromatic carbocycles. The molecule has 2 nitrogen and oxygen atoms in total. The molecular weight excluding hydrogens is 208 g/mol. The van der Waals surface area contributed by atoms with Gasteiger partial charge in [0.05, 0.1) is 0 Å². The number of nitrogens with zero attached hydrogens (tertiary/aromatic N) is 1. The Labute approximate surface area is 108 Å². The molecule has 0 amide bonds. The van der Waals surface area contributed by atoms with Gasteiger partial charge in [-0.15, -0.1) is 0 Å². The molecule has 17 heavy (non-hydrogen) atoms. The van der Waals surface area contributed by atoms with Gasteiger partial charge in [-0.1, -0.05) is 33.6 Å². The third-order valence-electron chi connectivity index (χ3n) is 4.37. The van der Waals surface area contributed by atoms with Crippen LogP contribution < -0.4 is 5.73 Å². The number of hydrogen-bond acceptors (Lipinski definition) is 2. The van der Waals surface area contributed by atoms with Crippen LogP contribution in [0.5, 0.6) is 0 Å². The van der Waals surface area contributed by atoms with E-state index < -0.39 is 0 Å². The average molecular weight is 240 g/mol. The Morgan fingerprint density at radius 2 is 1.76 bits per heavy atom. The van der Waals surface area contributed by atoms with Crippen molar-refractivity contribution >= 4 is 0 Å². The molecule has 0 heterocycles. The van der Waals surface area contributed by atoms with Crippen LogP contribution >= 0.6 is 0 Å². The Kier molecular flexibility index (Phi) is 5.94. The fourth-order valence-electron chi connectivity index (χ4n) is 3.15. The molecule has 1 aliphatic rings. The van der Waals surface area contributed by atoms with E-state index in [4.69, 9.17) is 5.73 Å². The molecule has 2 N–H and O–H groups in total. The maximum absolute atomic E-state index is 5.82. The van der Waals surface area contributed by atoms with E-state index in [1.54, 1.807) is 0 Å². The Morgan fingerprint density at radius 1 is 1.18 bits per heavy atom. The second-order valence-corrected chi connectivity index (χ2v) is 6.75. The molecule has 0 unspecified atom stereocenters. The summed E-state index contributed by atoms with van der Waals surface area (Å²) in [6, 6.07) is 0.800. The maximum atomic E-state index is 5.82. The molecule has 102 valence electrons. The topological polar surface area (TPSA) is 29.3 Å². The zero-order chi connectivity index (χ0) is 12.9. The third-order valence-corrected chi connectivity index (χ3v) is 4.37. The Bertz CT molecular complexity index is 205. The van der Waals surface area contributed by atoms with Gasteiger partial charge in [-0.25, -0.2) is 0 Å². The molecular formula is C15H32N2. The maximum Gasteiger partial charge on any atom is 0.00926 e. The molecule has 1 aliphatic carbocycles. The van der Waals surface area contributed by atoms with E-state index >= 15 is 0 Å². The van der Waals surface area contributed by atoms with Crippen molar-refractivity contribution in [3.63, 3.8) is 0 Å². The van der Waals surface area contributed by atoms with Crippen molar-refractivity contribution in [1.82, 2.24) is 4.90 Å². The first kappa shape index (κ1) is 15.0. The van der Waals surface area contributed by atoms with Crippen LogP contribution in [-0.2, 0) is 0 Å². The van der Waals surface area contributed by atoms with Crippen LogP contribution in [0.25, 0.3) is 0 Å². The minimum absolute atomic E-state index is 0.259. The molecule has 1 rings (SSSR count). The third kappa shape index (κ3) is 4.97.